The minimum absolute atomic E-state index is 0.0911. The minimum atomic E-state index is -0.0911. The number of benzene rings is 1. The van der Waals surface area contributed by atoms with Gasteiger partial charge in [0.2, 0.25) is 0 Å². The van der Waals surface area contributed by atoms with Crippen LogP contribution in [0.4, 0.5) is 0 Å². The van der Waals surface area contributed by atoms with E-state index in [1.807, 2.05) is 19.1 Å². The van der Waals surface area contributed by atoms with E-state index in [9.17, 15) is 4.79 Å². The Hall–Kier alpha value is -2.75. The molecule has 0 unspecified atom stereocenters. The summed E-state index contributed by atoms with van der Waals surface area (Å²) in [5, 5.41) is 0. The van der Waals surface area contributed by atoms with E-state index < -0.39 is 0 Å². The number of hydrogen-bond donors (Lipinski definition) is 0. The van der Waals surface area contributed by atoms with Crippen molar-refractivity contribution in [2.45, 2.75) is 6.92 Å². The van der Waals surface area contributed by atoms with Gasteiger partial charge in [-0.15, -0.1) is 0 Å². The Labute approximate surface area is 115 Å². The van der Waals surface area contributed by atoms with Gasteiger partial charge in [-0.05, 0) is 49.4 Å². The molecular weight excluding hydrogens is 252 g/mol. The average molecular weight is 264 g/mol. The Morgan fingerprint density at radius 3 is 2.65 bits per heavy atom. The largest absolute Gasteiger partial charge is 0.462 e. The first-order valence-corrected chi connectivity index (χ1v) is 6.22. The summed E-state index contributed by atoms with van der Waals surface area (Å²) in [6.07, 6.45) is 6.40. The number of hydrogen-bond acceptors (Lipinski definition) is 4. The number of carbonyl (C=O) groups is 1. The molecule has 0 N–H and O–H groups in total. The van der Waals surface area contributed by atoms with Gasteiger partial charge in [0.1, 0.15) is 11.5 Å². The summed E-state index contributed by atoms with van der Waals surface area (Å²) in [6, 6.07) is 8.96. The molecule has 3 rings (SSSR count). The number of allylic oxidation sites excluding steroid dienone is 1. The maximum atomic E-state index is 12.1. The van der Waals surface area contributed by atoms with Gasteiger partial charge >= 0.3 is 0 Å². The lowest BCUT2D eigenvalue weighted by Crippen LogP contribution is -1.95. The lowest BCUT2D eigenvalue weighted by molar-refractivity contribution is 0.104. The van der Waals surface area contributed by atoms with Crippen LogP contribution >= 0.6 is 0 Å². The molecule has 0 atom stereocenters. The average Bonchev–Trinajstić information content (AvgIpc) is 2.90. The SMILES string of the molecule is Cc1ccc(C=CC(=O)c2ccc3nccnc3c2)o1. The number of carbonyl (C=O) groups excluding carboxylic acids is 1. The van der Waals surface area contributed by atoms with E-state index in [1.165, 1.54) is 6.08 Å². The van der Waals surface area contributed by atoms with Crippen LogP contribution < -0.4 is 0 Å². The molecule has 0 aliphatic carbocycles. The van der Waals surface area contributed by atoms with Crippen molar-refractivity contribution >= 4 is 22.9 Å². The lowest BCUT2D eigenvalue weighted by Gasteiger charge is -1.98. The maximum absolute atomic E-state index is 12.1. The van der Waals surface area contributed by atoms with Gasteiger partial charge in [-0.2, -0.15) is 0 Å². The molecule has 0 radical (unpaired) electrons. The first kappa shape index (κ1) is 12.3. The fraction of sp³-hybridized carbons (Fsp3) is 0.0625. The van der Waals surface area contributed by atoms with E-state index >= 15 is 0 Å². The standard InChI is InChI=1S/C16H12N2O2/c1-11-2-4-13(20-11)5-7-16(19)12-3-6-14-15(10-12)18-9-8-17-14/h2-10H,1H3. The quantitative estimate of drug-likeness (QED) is 0.537. The number of furan rings is 1. The Balaban J connectivity index is 1.86. The zero-order valence-electron chi connectivity index (χ0n) is 10.9. The van der Waals surface area contributed by atoms with E-state index in [0.717, 1.165) is 11.3 Å². The van der Waals surface area contributed by atoms with Crippen LogP contribution in [-0.4, -0.2) is 15.8 Å². The smallest absolute Gasteiger partial charge is 0.186 e. The van der Waals surface area contributed by atoms with Gasteiger partial charge in [-0.1, -0.05) is 0 Å². The van der Waals surface area contributed by atoms with Crippen LogP contribution in [0.15, 0.2) is 53.2 Å². The van der Waals surface area contributed by atoms with E-state index in [-0.39, 0.29) is 5.78 Å². The number of aromatic nitrogens is 2. The van der Waals surface area contributed by atoms with E-state index in [4.69, 9.17) is 4.42 Å². The molecule has 0 aliphatic heterocycles. The van der Waals surface area contributed by atoms with Gasteiger partial charge in [0.25, 0.3) is 0 Å². The molecule has 0 bridgehead atoms. The van der Waals surface area contributed by atoms with Gasteiger partial charge in [0, 0.05) is 18.0 Å². The number of ketones is 1. The molecule has 0 aliphatic rings. The molecule has 1 aromatic carbocycles. The summed E-state index contributed by atoms with van der Waals surface area (Å²) in [5.74, 6) is 1.39. The van der Waals surface area contributed by atoms with Crippen molar-refractivity contribution in [2.75, 3.05) is 0 Å². The van der Waals surface area contributed by atoms with Crippen LogP contribution in [0.2, 0.25) is 0 Å². The van der Waals surface area contributed by atoms with Gasteiger partial charge in [-0.3, -0.25) is 14.8 Å². The van der Waals surface area contributed by atoms with Crippen LogP contribution in [-0.2, 0) is 0 Å². The Kier molecular flexibility index (Phi) is 3.13. The molecule has 0 fully saturated rings. The molecule has 0 saturated carbocycles. The van der Waals surface area contributed by atoms with Gasteiger partial charge in [0.15, 0.2) is 5.78 Å². The first-order valence-electron chi connectivity index (χ1n) is 6.22. The lowest BCUT2D eigenvalue weighted by atomic mass is 10.1. The molecule has 2 heterocycles. The zero-order chi connectivity index (χ0) is 13.9. The number of aryl methyl sites for hydroxylation is 1. The first-order chi connectivity index (χ1) is 9.72. The van der Waals surface area contributed by atoms with Gasteiger partial charge in [-0.25, -0.2) is 0 Å². The van der Waals surface area contributed by atoms with Crippen molar-refractivity contribution in [1.29, 1.82) is 0 Å². The molecule has 4 heteroatoms. The molecule has 4 nitrogen and oxygen atoms in total. The summed E-state index contributed by atoms with van der Waals surface area (Å²) in [6.45, 7) is 1.86. The highest BCUT2D eigenvalue weighted by atomic mass is 16.3. The molecule has 2 aromatic heterocycles. The molecule has 98 valence electrons. The summed E-state index contributed by atoms with van der Waals surface area (Å²) in [5.41, 5.74) is 2.06. The molecule has 0 spiro atoms. The summed E-state index contributed by atoms with van der Waals surface area (Å²) < 4.78 is 5.38. The molecular formula is C16H12N2O2. The zero-order valence-corrected chi connectivity index (χ0v) is 10.9. The van der Waals surface area contributed by atoms with Crippen molar-refractivity contribution in [3.63, 3.8) is 0 Å². The Morgan fingerprint density at radius 2 is 1.90 bits per heavy atom. The second-order valence-electron chi connectivity index (χ2n) is 4.41. The van der Waals surface area contributed by atoms with Crippen LogP contribution in [0.3, 0.4) is 0 Å². The highest BCUT2D eigenvalue weighted by Crippen LogP contribution is 2.13. The second kappa shape index (κ2) is 5.09. The Morgan fingerprint density at radius 1 is 1.10 bits per heavy atom. The van der Waals surface area contributed by atoms with Crippen LogP contribution in [0.25, 0.3) is 17.1 Å². The third-order valence-electron chi connectivity index (χ3n) is 2.91. The van der Waals surface area contributed by atoms with Crippen molar-refractivity contribution in [1.82, 2.24) is 9.97 Å². The van der Waals surface area contributed by atoms with E-state index in [1.54, 1.807) is 36.7 Å². The topological polar surface area (TPSA) is 56.0 Å². The fourth-order valence-electron chi connectivity index (χ4n) is 1.91. The Bertz CT molecular complexity index is 803. The highest BCUT2D eigenvalue weighted by molar-refractivity contribution is 6.08. The summed E-state index contributed by atoms with van der Waals surface area (Å²) >= 11 is 0. The number of fused-ring (bicyclic) bond motifs is 1. The summed E-state index contributed by atoms with van der Waals surface area (Å²) in [4.78, 5) is 20.5. The van der Waals surface area contributed by atoms with Gasteiger partial charge in [0.05, 0.1) is 11.0 Å². The predicted molar refractivity (Wildman–Crippen MR) is 76.3 cm³/mol. The summed E-state index contributed by atoms with van der Waals surface area (Å²) in [7, 11) is 0. The molecule has 0 amide bonds. The van der Waals surface area contributed by atoms with Crippen molar-refractivity contribution in [3.05, 3.63) is 65.9 Å². The normalized spacial score (nSPS) is 11.2. The van der Waals surface area contributed by atoms with Gasteiger partial charge < -0.3 is 4.42 Å². The monoisotopic (exact) mass is 264 g/mol. The van der Waals surface area contributed by atoms with Crippen molar-refractivity contribution < 1.29 is 9.21 Å². The molecule has 20 heavy (non-hydrogen) atoms. The van der Waals surface area contributed by atoms with Crippen molar-refractivity contribution in [3.8, 4) is 0 Å². The van der Waals surface area contributed by atoms with E-state index in [2.05, 4.69) is 9.97 Å². The predicted octanol–water partition coefficient (Wildman–Crippen LogP) is 3.43. The van der Waals surface area contributed by atoms with Crippen LogP contribution in [0.1, 0.15) is 21.9 Å². The third kappa shape index (κ3) is 2.49. The third-order valence-corrected chi connectivity index (χ3v) is 2.91. The van der Waals surface area contributed by atoms with Crippen LogP contribution in [0, 0.1) is 6.92 Å². The minimum Gasteiger partial charge on any atom is -0.462 e. The maximum Gasteiger partial charge on any atom is 0.186 e. The highest BCUT2D eigenvalue weighted by Gasteiger charge is 2.04. The second-order valence-corrected chi connectivity index (χ2v) is 4.41. The number of rotatable bonds is 3. The molecule has 3 aromatic rings. The van der Waals surface area contributed by atoms with E-state index in [0.29, 0.717) is 16.8 Å². The number of nitrogens with zero attached hydrogens (tertiary/aromatic N) is 2. The van der Waals surface area contributed by atoms with Crippen LogP contribution in [0.5, 0.6) is 0 Å². The van der Waals surface area contributed by atoms with Crippen molar-refractivity contribution in [2.24, 2.45) is 0 Å². The molecule has 0 saturated heterocycles. The fourth-order valence-corrected chi connectivity index (χ4v) is 1.91.